The average Bonchev–Trinajstić information content (AvgIpc) is 2.76. The summed E-state index contributed by atoms with van der Waals surface area (Å²) in [6.07, 6.45) is 0. The minimum atomic E-state index is -0.0128. The Bertz CT molecular complexity index is 613. The first-order valence-corrected chi connectivity index (χ1v) is 6.74. The number of aromatic nitrogens is 2. The number of benzene rings is 1. The molecule has 0 aliphatic rings. The monoisotopic (exact) mass is 271 g/mol. The van der Waals surface area contributed by atoms with Gasteiger partial charge in [0, 0.05) is 14.1 Å². The Labute approximate surface area is 120 Å². The number of rotatable bonds is 3. The first-order valence-electron chi connectivity index (χ1n) is 6.74. The van der Waals surface area contributed by atoms with E-state index < -0.39 is 0 Å². The molecule has 0 spiro atoms. The Balaban J connectivity index is 2.22. The van der Waals surface area contributed by atoms with Crippen LogP contribution in [-0.2, 0) is 7.05 Å². The van der Waals surface area contributed by atoms with Crippen LogP contribution >= 0.6 is 0 Å². The van der Waals surface area contributed by atoms with Crippen molar-refractivity contribution in [3.63, 3.8) is 0 Å². The Kier molecular flexibility index (Phi) is 3.93. The topological polar surface area (TPSA) is 38.1 Å². The summed E-state index contributed by atoms with van der Waals surface area (Å²) in [6, 6.07) is 10.1. The number of carbonyl (C=O) groups excluding carboxylic acids is 1. The lowest BCUT2D eigenvalue weighted by atomic mass is 10.1. The molecule has 0 unspecified atom stereocenters. The second kappa shape index (κ2) is 5.49. The minimum Gasteiger partial charge on any atom is -0.334 e. The van der Waals surface area contributed by atoms with Crippen LogP contribution in [0.3, 0.4) is 0 Å². The van der Waals surface area contributed by atoms with E-state index in [1.807, 2.05) is 27.0 Å². The van der Waals surface area contributed by atoms with Crippen molar-refractivity contribution in [2.75, 3.05) is 7.05 Å². The maximum atomic E-state index is 12.5. The van der Waals surface area contributed by atoms with Gasteiger partial charge in [-0.05, 0) is 32.4 Å². The number of aryl methyl sites for hydroxylation is 3. The summed E-state index contributed by atoms with van der Waals surface area (Å²) >= 11 is 0. The molecule has 0 aliphatic heterocycles. The van der Waals surface area contributed by atoms with E-state index in [4.69, 9.17) is 0 Å². The SMILES string of the molecule is Cc1ccc([C@H](C)N(C)C(=O)c2cc(C)nn2C)cc1. The molecule has 106 valence electrons. The summed E-state index contributed by atoms with van der Waals surface area (Å²) in [6.45, 7) is 5.98. The Morgan fingerprint density at radius 3 is 2.35 bits per heavy atom. The molecule has 1 aromatic heterocycles. The van der Waals surface area contributed by atoms with Gasteiger partial charge < -0.3 is 4.90 Å². The highest BCUT2D eigenvalue weighted by Crippen LogP contribution is 2.21. The molecule has 1 heterocycles. The van der Waals surface area contributed by atoms with E-state index in [1.165, 1.54) is 5.56 Å². The van der Waals surface area contributed by atoms with Crippen molar-refractivity contribution >= 4 is 5.91 Å². The van der Waals surface area contributed by atoms with Crippen LogP contribution in [0.25, 0.3) is 0 Å². The Morgan fingerprint density at radius 1 is 1.25 bits per heavy atom. The van der Waals surface area contributed by atoms with Gasteiger partial charge in [0.2, 0.25) is 0 Å². The molecule has 20 heavy (non-hydrogen) atoms. The number of carbonyl (C=O) groups is 1. The van der Waals surface area contributed by atoms with E-state index in [-0.39, 0.29) is 11.9 Å². The Morgan fingerprint density at radius 2 is 1.85 bits per heavy atom. The van der Waals surface area contributed by atoms with E-state index >= 15 is 0 Å². The smallest absolute Gasteiger partial charge is 0.272 e. The molecule has 1 atom stereocenters. The van der Waals surface area contributed by atoms with E-state index in [9.17, 15) is 4.79 Å². The normalized spacial score (nSPS) is 12.2. The second-order valence-corrected chi connectivity index (χ2v) is 5.30. The fraction of sp³-hybridized carbons (Fsp3) is 0.375. The van der Waals surface area contributed by atoms with Crippen LogP contribution in [0.5, 0.6) is 0 Å². The number of hydrogen-bond acceptors (Lipinski definition) is 2. The lowest BCUT2D eigenvalue weighted by molar-refractivity contribution is 0.0731. The largest absolute Gasteiger partial charge is 0.334 e. The van der Waals surface area contributed by atoms with Crippen LogP contribution in [0.2, 0.25) is 0 Å². The summed E-state index contributed by atoms with van der Waals surface area (Å²) in [4.78, 5) is 14.3. The van der Waals surface area contributed by atoms with Gasteiger partial charge in [-0.15, -0.1) is 0 Å². The van der Waals surface area contributed by atoms with E-state index in [2.05, 4.69) is 36.3 Å². The van der Waals surface area contributed by atoms with Crippen molar-refractivity contribution in [3.05, 3.63) is 52.8 Å². The van der Waals surface area contributed by atoms with Crippen molar-refractivity contribution < 1.29 is 4.79 Å². The van der Waals surface area contributed by atoms with Gasteiger partial charge in [0.1, 0.15) is 5.69 Å². The highest BCUT2D eigenvalue weighted by Gasteiger charge is 2.21. The molecular formula is C16H21N3O. The van der Waals surface area contributed by atoms with Gasteiger partial charge >= 0.3 is 0 Å². The maximum Gasteiger partial charge on any atom is 0.272 e. The quantitative estimate of drug-likeness (QED) is 0.861. The molecule has 2 rings (SSSR count). The van der Waals surface area contributed by atoms with E-state index in [1.54, 1.807) is 16.6 Å². The molecule has 0 aliphatic carbocycles. The second-order valence-electron chi connectivity index (χ2n) is 5.30. The maximum absolute atomic E-state index is 12.5. The van der Waals surface area contributed by atoms with Crippen LogP contribution in [0, 0.1) is 13.8 Å². The molecule has 4 heteroatoms. The third-order valence-corrected chi connectivity index (χ3v) is 3.68. The van der Waals surface area contributed by atoms with Gasteiger partial charge in [-0.25, -0.2) is 0 Å². The molecule has 0 radical (unpaired) electrons. The Hall–Kier alpha value is -2.10. The van der Waals surface area contributed by atoms with Gasteiger partial charge in [-0.1, -0.05) is 29.8 Å². The van der Waals surface area contributed by atoms with Crippen LogP contribution in [0.4, 0.5) is 0 Å². The molecular weight excluding hydrogens is 250 g/mol. The summed E-state index contributed by atoms with van der Waals surface area (Å²) in [5.41, 5.74) is 3.82. The molecule has 0 saturated carbocycles. The van der Waals surface area contributed by atoms with Crippen LogP contribution in [0.1, 0.15) is 40.3 Å². The summed E-state index contributed by atoms with van der Waals surface area (Å²) < 4.78 is 1.63. The molecule has 0 fully saturated rings. The van der Waals surface area contributed by atoms with E-state index in [0.29, 0.717) is 5.69 Å². The first-order chi connectivity index (χ1) is 9.40. The third-order valence-electron chi connectivity index (χ3n) is 3.68. The zero-order chi connectivity index (χ0) is 14.9. The predicted octanol–water partition coefficient (Wildman–Crippen LogP) is 2.87. The minimum absolute atomic E-state index is 0.0128. The zero-order valence-corrected chi connectivity index (χ0v) is 12.7. The standard InChI is InChI=1S/C16H21N3O/c1-11-6-8-14(9-7-11)13(3)18(4)16(20)15-10-12(2)17-19(15)5/h6-10,13H,1-5H3/t13-/m0/s1. The fourth-order valence-corrected chi connectivity index (χ4v) is 2.24. The predicted molar refractivity (Wildman–Crippen MR) is 79.6 cm³/mol. The first kappa shape index (κ1) is 14.3. The van der Waals surface area contributed by atoms with Gasteiger partial charge in [-0.3, -0.25) is 9.48 Å². The fourth-order valence-electron chi connectivity index (χ4n) is 2.24. The molecule has 0 N–H and O–H groups in total. The highest BCUT2D eigenvalue weighted by molar-refractivity contribution is 5.92. The third kappa shape index (κ3) is 2.74. The van der Waals surface area contributed by atoms with Gasteiger partial charge in [0.25, 0.3) is 5.91 Å². The van der Waals surface area contributed by atoms with Crippen molar-refractivity contribution in [2.24, 2.45) is 7.05 Å². The molecule has 0 bridgehead atoms. The molecule has 4 nitrogen and oxygen atoms in total. The van der Waals surface area contributed by atoms with Crippen LogP contribution < -0.4 is 0 Å². The average molecular weight is 271 g/mol. The molecule has 2 aromatic rings. The van der Waals surface area contributed by atoms with Gasteiger partial charge in [0.15, 0.2) is 0 Å². The van der Waals surface area contributed by atoms with Crippen molar-refractivity contribution in [1.82, 2.24) is 14.7 Å². The molecule has 1 amide bonds. The molecule has 0 saturated heterocycles. The van der Waals surface area contributed by atoms with E-state index in [0.717, 1.165) is 11.3 Å². The summed E-state index contributed by atoms with van der Waals surface area (Å²) in [7, 11) is 3.62. The van der Waals surface area contributed by atoms with Crippen molar-refractivity contribution in [3.8, 4) is 0 Å². The highest BCUT2D eigenvalue weighted by atomic mass is 16.2. The van der Waals surface area contributed by atoms with Crippen molar-refractivity contribution in [2.45, 2.75) is 26.8 Å². The lowest BCUT2D eigenvalue weighted by Gasteiger charge is -2.25. The van der Waals surface area contributed by atoms with Crippen LogP contribution in [-0.4, -0.2) is 27.6 Å². The number of hydrogen-bond donors (Lipinski definition) is 0. The van der Waals surface area contributed by atoms with Crippen molar-refractivity contribution in [1.29, 1.82) is 0 Å². The molecule has 1 aromatic carbocycles. The van der Waals surface area contributed by atoms with Crippen LogP contribution in [0.15, 0.2) is 30.3 Å². The number of amides is 1. The van der Waals surface area contributed by atoms with Gasteiger partial charge in [0.05, 0.1) is 11.7 Å². The number of nitrogens with zero attached hydrogens (tertiary/aromatic N) is 3. The summed E-state index contributed by atoms with van der Waals surface area (Å²) in [5, 5.41) is 4.23. The zero-order valence-electron chi connectivity index (χ0n) is 12.7. The lowest BCUT2D eigenvalue weighted by Crippen LogP contribution is -2.31. The van der Waals surface area contributed by atoms with Gasteiger partial charge in [-0.2, -0.15) is 5.10 Å². The summed E-state index contributed by atoms with van der Waals surface area (Å²) in [5.74, 6) is -0.0128.